The van der Waals surface area contributed by atoms with Crippen molar-refractivity contribution >= 4 is 8.07 Å². The fourth-order valence-corrected chi connectivity index (χ4v) is 7.54. The molecule has 1 aliphatic heterocycles. The highest BCUT2D eigenvalue weighted by molar-refractivity contribution is 6.76. The second-order valence-electron chi connectivity index (χ2n) is 24.3. The third-order valence-electron chi connectivity index (χ3n) is 11.2. The first-order chi connectivity index (χ1) is 23.1. The van der Waals surface area contributed by atoms with Crippen molar-refractivity contribution < 1.29 is 0 Å². The van der Waals surface area contributed by atoms with Crippen molar-refractivity contribution in [2.75, 3.05) is 7.05 Å². The molecular weight excluding hydrogens is 643 g/mol. The van der Waals surface area contributed by atoms with Crippen molar-refractivity contribution in [1.82, 2.24) is 4.90 Å². The number of unbranched alkanes of at least 4 members (excludes halogenated alkanes) is 5. The van der Waals surface area contributed by atoms with Gasteiger partial charge in [-0.3, -0.25) is 4.90 Å². The highest BCUT2D eigenvalue weighted by Crippen LogP contribution is 2.48. The quantitative estimate of drug-likeness (QED) is 0.176. The molecule has 3 fully saturated rings. The van der Waals surface area contributed by atoms with Crippen LogP contribution in [0.25, 0.3) is 0 Å². The van der Waals surface area contributed by atoms with E-state index in [9.17, 15) is 0 Å². The van der Waals surface area contributed by atoms with E-state index in [-0.39, 0.29) is 0 Å². The zero-order chi connectivity index (χ0) is 42.3. The molecule has 2 aliphatic carbocycles. The van der Waals surface area contributed by atoms with E-state index in [0.29, 0.717) is 32.7 Å². The Morgan fingerprint density at radius 3 is 0.827 bits per heavy atom. The molecule has 320 valence electrons. The average Bonchev–Trinajstić information content (AvgIpc) is 3.56. The summed E-state index contributed by atoms with van der Waals surface area (Å²) in [5, 5.41) is 0. The Hall–Kier alpha value is 0.177. The van der Waals surface area contributed by atoms with Crippen molar-refractivity contribution in [1.29, 1.82) is 0 Å². The Morgan fingerprint density at radius 1 is 0.442 bits per heavy atom. The molecule has 1 nitrogen and oxygen atoms in total. The van der Waals surface area contributed by atoms with Gasteiger partial charge in [-0.25, -0.2) is 0 Å². The number of rotatable bonds is 8. The summed E-state index contributed by atoms with van der Waals surface area (Å²) in [6.45, 7) is 55.6. The second-order valence-corrected chi connectivity index (χ2v) is 30.0. The Kier molecular flexibility index (Phi) is 30.5. The van der Waals surface area contributed by atoms with Crippen LogP contribution in [-0.2, 0) is 0 Å². The maximum atomic E-state index is 2.49. The van der Waals surface area contributed by atoms with Gasteiger partial charge in [-0.15, -0.1) is 0 Å². The molecule has 0 unspecified atom stereocenters. The predicted molar refractivity (Wildman–Crippen MR) is 251 cm³/mol. The first kappa shape index (κ1) is 58.9. The van der Waals surface area contributed by atoms with Crippen molar-refractivity contribution in [3.8, 4) is 0 Å². The van der Waals surface area contributed by atoms with Gasteiger partial charge in [-0.05, 0) is 120 Å². The maximum Gasteiger partial charge on any atom is 0.0442 e. The lowest BCUT2D eigenvalue weighted by molar-refractivity contribution is 0.115. The van der Waals surface area contributed by atoms with Crippen LogP contribution < -0.4 is 0 Å². The van der Waals surface area contributed by atoms with E-state index in [1.807, 2.05) is 0 Å². The van der Waals surface area contributed by atoms with Crippen LogP contribution in [0.1, 0.15) is 255 Å². The third-order valence-corrected chi connectivity index (χ3v) is 13.1. The summed E-state index contributed by atoms with van der Waals surface area (Å²) in [6, 6.07) is 1.50. The van der Waals surface area contributed by atoms with Gasteiger partial charge in [-0.2, -0.15) is 0 Å². The zero-order valence-electron chi connectivity index (χ0n) is 42.2. The molecule has 52 heavy (non-hydrogen) atoms. The summed E-state index contributed by atoms with van der Waals surface area (Å²) >= 11 is 0. The second kappa shape index (κ2) is 26.9. The highest BCUT2D eigenvalue weighted by Gasteiger charge is 2.41. The van der Waals surface area contributed by atoms with E-state index >= 15 is 0 Å². The average molecular weight is 755 g/mol. The van der Waals surface area contributed by atoms with E-state index in [1.54, 1.807) is 0 Å². The van der Waals surface area contributed by atoms with Gasteiger partial charge in [-0.1, -0.05) is 195 Å². The largest absolute Gasteiger partial charge is 0.296 e. The minimum Gasteiger partial charge on any atom is -0.296 e. The topological polar surface area (TPSA) is 3.24 Å². The maximum absolute atomic E-state index is 2.49. The first-order valence-electron chi connectivity index (χ1n) is 22.8. The van der Waals surface area contributed by atoms with Crippen LogP contribution in [0.2, 0.25) is 25.7 Å². The highest BCUT2D eigenvalue weighted by atomic mass is 28.3. The molecule has 0 radical (unpaired) electrons. The smallest absolute Gasteiger partial charge is 0.0442 e. The van der Waals surface area contributed by atoms with Crippen LogP contribution in [0.3, 0.4) is 0 Å². The lowest BCUT2D eigenvalue weighted by Gasteiger charge is -2.36. The Balaban J connectivity index is -0.000000264. The molecule has 0 bridgehead atoms. The molecule has 2 heteroatoms. The molecule has 0 aromatic heterocycles. The van der Waals surface area contributed by atoms with E-state index in [4.69, 9.17) is 0 Å². The molecule has 3 rings (SSSR count). The van der Waals surface area contributed by atoms with Gasteiger partial charge < -0.3 is 0 Å². The lowest BCUT2D eigenvalue weighted by atomic mass is 9.81. The normalized spacial score (nSPS) is 20.2. The van der Waals surface area contributed by atoms with Crippen molar-refractivity contribution in [2.45, 2.75) is 291 Å². The van der Waals surface area contributed by atoms with E-state index in [0.717, 1.165) is 5.41 Å². The molecule has 0 aromatic carbocycles. The van der Waals surface area contributed by atoms with Crippen LogP contribution >= 0.6 is 0 Å². The van der Waals surface area contributed by atoms with Crippen LogP contribution in [0.5, 0.6) is 0 Å². The fourth-order valence-electron chi connectivity index (χ4n) is 6.12. The van der Waals surface area contributed by atoms with Gasteiger partial charge in [0.05, 0.1) is 0 Å². The third kappa shape index (κ3) is 42.9. The summed E-state index contributed by atoms with van der Waals surface area (Å²) < 4.78 is 0. The Labute approximate surface area is 337 Å². The summed E-state index contributed by atoms with van der Waals surface area (Å²) in [5.41, 5.74) is 3.86. The van der Waals surface area contributed by atoms with Gasteiger partial charge in [0, 0.05) is 19.2 Å². The Bertz CT molecular complexity index is 753. The first-order valence-corrected chi connectivity index (χ1v) is 26.5. The van der Waals surface area contributed by atoms with Crippen LogP contribution in [0.4, 0.5) is 0 Å². The van der Waals surface area contributed by atoms with Crippen LogP contribution in [0, 0.1) is 27.1 Å². The molecule has 2 saturated carbocycles. The van der Waals surface area contributed by atoms with Gasteiger partial charge >= 0.3 is 0 Å². The SMILES string of the molecule is CC(C)(C)CCC(C)(C)C.CC1(C)CC1.CC1(C)CCC(C)(C)C1.CCCC.CCCCCC.CCCC[Si](C)(C)C.CN1C(C)(C)CCC1(C)C. The zero-order valence-corrected chi connectivity index (χ0v) is 43.2. The van der Waals surface area contributed by atoms with E-state index < -0.39 is 8.07 Å². The standard InChI is InChI=1S/C10H22.C9H19N.C9H18.C7H18Si.C6H14.C5H10.C4H10/c1-9(2,3)7-8-10(4,5)6;1-8(2)6-7-9(3,4)10(8)5;1-8(2)5-6-9(3,4)7-8;1-5-6-7-8(2,3)4;1-3-5-6-4-2;1-5(2)3-4-5;1-3-4-2/h7-8H2,1-6H3;6-7H2,1-5H3;5-7H2,1-4H3;5-7H2,1-4H3;3-6H2,1-2H3;3-4H2,1-2H3;3-4H2,1-2H3. The summed E-state index contributed by atoms with van der Waals surface area (Å²) in [6.07, 6.45) is 23.4. The lowest BCUT2D eigenvalue weighted by Crippen LogP contribution is -2.44. The monoisotopic (exact) mass is 754 g/mol. The van der Waals surface area contributed by atoms with E-state index in [1.165, 1.54) is 115 Å². The summed E-state index contributed by atoms with van der Waals surface area (Å²) in [7, 11) is 1.55. The summed E-state index contributed by atoms with van der Waals surface area (Å²) in [5.74, 6) is 0. The van der Waals surface area contributed by atoms with Crippen LogP contribution in [-0.4, -0.2) is 31.1 Å². The van der Waals surface area contributed by atoms with Gasteiger partial charge in [0.2, 0.25) is 0 Å². The molecule has 3 aliphatic rings. The minimum absolute atomic E-state index is 0.420. The number of nitrogens with zero attached hydrogens (tertiary/aromatic N) is 1. The molecule has 0 amide bonds. The van der Waals surface area contributed by atoms with Crippen molar-refractivity contribution in [3.05, 3.63) is 0 Å². The van der Waals surface area contributed by atoms with Gasteiger partial charge in [0.15, 0.2) is 0 Å². The van der Waals surface area contributed by atoms with Gasteiger partial charge in [0.25, 0.3) is 0 Å². The molecule has 0 aromatic rings. The molecule has 1 saturated heterocycles. The van der Waals surface area contributed by atoms with Gasteiger partial charge in [0.1, 0.15) is 0 Å². The fraction of sp³-hybridized carbons (Fsp3) is 1.00. The van der Waals surface area contributed by atoms with Crippen molar-refractivity contribution in [3.63, 3.8) is 0 Å². The molecule has 0 spiro atoms. The number of hydrogen-bond acceptors (Lipinski definition) is 1. The van der Waals surface area contributed by atoms with Crippen LogP contribution in [0.15, 0.2) is 0 Å². The minimum atomic E-state index is -0.678. The summed E-state index contributed by atoms with van der Waals surface area (Å²) in [4.78, 5) is 2.49. The predicted octanol–water partition coefficient (Wildman–Crippen LogP) is 18.7. The molecular formula is C50H111NSi. The molecule has 0 N–H and O–H groups in total. The van der Waals surface area contributed by atoms with E-state index in [2.05, 4.69) is 177 Å². The van der Waals surface area contributed by atoms with Crippen molar-refractivity contribution in [2.24, 2.45) is 27.1 Å². The number of likely N-dealkylation sites (tertiary alicyclic amines) is 1. The molecule has 1 heterocycles. The molecule has 0 atom stereocenters. The number of hydrogen-bond donors (Lipinski definition) is 0. The Morgan fingerprint density at radius 2 is 0.731 bits per heavy atom.